The Morgan fingerprint density at radius 3 is 2.61 bits per heavy atom. The molecular formula is C26H38O5. The summed E-state index contributed by atoms with van der Waals surface area (Å²) in [6.45, 7) is 9.18. The van der Waals surface area contributed by atoms with E-state index < -0.39 is 24.6 Å². The van der Waals surface area contributed by atoms with Gasteiger partial charge < -0.3 is 19.7 Å². The Morgan fingerprint density at radius 1 is 1.26 bits per heavy atom. The van der Waals surface area contributed by atoms with Crippen LogP contribution in [0, 0.1) is 11.3 Å². The van der Waals surface area contributed by atoms with Crippen LogP contribution in [0.25, 0.3) is 0 Å². The van der Waals surface area contributed by atoms with Gasteiger partial charge in [0.05, 0.1) is 13.2 Å². The summed E-state index contributed by atoms with van der Waals surface area (Å²) in [6.07, 6.45) is 8.57. The zero-order chi connectivity index (χ0) is 22.8. The van der Waals surface area contributed by atoms with E-state index in [1.165, 1.54) is 12.5 Å². The van der Waals surface area contributed by atoms with Crippen LogP contribution in [0.1, 0.15) is 83.8 Å². The molecule has 0 saturated heterocycles. The Kier molecular flexibility index (Phi) is 7.17. The molecule has 0 amide bonds. The van der Waals surface area contributed by atoms with Crippen molar-refractivity contribution in [1.82, 2.24) is 0 Å². The van der Waals surface area contributed by atoms with Gasteiger partial charge in [-0.25, -0.2) is 0 Å². The van der Waals surface area contributed by atoms with Gasteiger partial charge in [0, 0.05) is 17.4 Å². The van der Waals surface area contributed by atoms with Crippen LogP contribution in [0.5, 0.6) is 11.5 Å². The SMILES string of the molecule is CCCCCc1cc(OC(=O)C(C)(CO)CO)c2c(c1)OC(C)(C)C1CCC(C)=CC21. The molecule has 1 heterocycles. The summed E-state index contributed by atoms with van der Waals surface area (Å²) in [5.74, 6) is 1.05. The van der Waals surface area contributed by atoms with Crippen molar-refractivity contribution in [3.63, 3.8) is 0 Å². The third kappa shape index (κ3) is 4.83. The fraction of sp³-hybridized carbons (Fsp3) is 0.654. The number of ether oxygens (including phenoxy) is 2. The largest absolute Gasteiger partial charge is 0.487 e. The lowest BCUT2D eigenvalue weighted by Crippen LogP contribution is -2.45. The summed E-state index contributed by atoms with van der Waals surface area (Å²) in [6, 6.07) is 4.06. The number of aliphatic hydroxyl groups is 2. The first-order chi connectivity index (χ1) is 14.6. The highest BCUT2D eigenvalue weighted by Crippen LogP contribution is 2.54. The van der Waals surface area contributed by atoms with Gasteiger partial charge in [0.25, 0.3) is 0 Å². The highest BCUT2D eigenvalue weighted by atomic mass is 16.5. The first kappa shape index (κ1) is 23.8. The molecule has 0 aromatic heterocycles. The van der Waals surface area contributed by atoms with E-state index in [0.717, 1.165) is 55.4 Å². The normalized spacial score (nSPS) is 22.1. The summed E-state index contributed by atoms with van der Waals surface area (Å²) in [5.41, 5.74) is 1.66. The molecule has 0 radical (unpaired) electrons. The first-order valence-corrected chi connectivity index (χ1v) is 11.6. The quantitative estimate of drug-likeness (QED) is 0.265. The predicted octanol–water partition coefficient (Wildman–Crippen LogP) is 4.93. The van der Waals surface area contributed by atoms with Crippen LogP contribution in [0.3, 0.4) is 0 Å². The number of aliphatic hydroxyl groups excluding tert-OH is 2. The summed E-state index contributed by atoms with van der Waals surface area (Å²) in [4.78, 5) is 12.9. The van der Waals surface area contributed by atoms with Gasteiger partial charge in [-0.05, 0) is 71.1 Å². The maximum Gasteiger partial charge on any atom is 0.321 e. The van der Waals surface area contributed by atoms with Gasteiger partial charge in [-0.2, -0.15) is 0 Å². The van der Waals surface area contributed by atoms with E-state index in [2.05, 4.69) is 39.8 Å². The minimum absolute atomic E-state index is 0.106. The number of benzene rings is 1. The minimum atomic E-state index is -1.35. The summed E-state index contributed by atoms with van der Waals surface area (Å²) >= 11 is 0. The Hall–Kier alpha value is -1.85. The van der Waals surface area contributed by atoms with E-state index in [1.807, 2.05) is 6.07 Å². The van der Waals surface area contributed by atoms with E-state index >= 15 is 0 Å². The Bertz CT molecular complexity index is 834. The molecule has 172 valence electrons. The van der Waals surface area contributed by atoms with Crippen molar-refractivity contribution in [3.8, 4) is 11.5 Å². The molecule has 0 spiro atoms. The van der Waals surface area contributed by atoms with Gasteiger partial charge in [-0.3, -0.25) is 4.79 Å². The topological polar surface area (TPSA) is 76.0 Å². The van der Waals surface area contributed by atoms with Crippen LogP contribution in [0.2, 0.25) is 0 Å². The van der Waals surface area contributed by atoms with Gasteiger partial charge in [0.1, 0.15) is 22.5 Å². The number of esters is 1. The monoisotopic (exact) mass is 430 g/mol. The third-order valence-electron chi connectivity index (χ3n) is 6.97. The molecule has 1 aliphatic carbocycles. The fourth-order valence-electron chi connectivity index (χ4n) is 4.77. The number of carbonyl (C=O) groups excluding carboxylic acids is 1. The summed E-state index contributed by atoms with van der Waals surface area (Å²) in [7, 11) is 0. The lowest BCUT2D eigenvalue weighted by molar-refractivity contribution is -0.150. The molecular weight excluding hydrogens is 392 g/mol. The van der Waals surface area contributed by atoms with Crippen molar-refractivity contribution in [3.05, 3.63) is 34.9 Å². The molecule has 2 aliphatic rings. The number of fused-ring (bicyclic) bond motifs is 3. The molecule has 0 saturated carbocycles. The third-order valence-corrected chi connectivity index (χ3v) is 6.97. The maximum absolute atomic E-state index is 12.9. The number of allylic oxidation sites excluding steroid dienone is 2. The first-order valence-electron chi connectivity index (χ1n) is 11.6. The molecule has 31 heavy (non-hydrogen) atoms. The molecule has 0 bridgehead atoms. The molecule has 2 unspecified atom stereocenters. The highest BCUT2D eigenvalue weighted by Gasteiger charge is 2.46. The second kappa shape index (κ2) is 9.33. The standard InChI is InChI=1S/C26H38O5/c1-6-7-8-9-18-13-21(30-24(29)26(5,15-27)16-28)23-19-12-17(2)10-11-20(19)25(3,4)31-22(23)14-18/h12-14,19-20,27-28H,6-11,15-16H2,1-5H3. The van der Waals surface area contributed by atoms with Crippen molar-refractivity contribution in [2.75, 3.05) is 13.2 Å². The van der Waals surface area contributed by atoms with Crippen molar-refractivity contribution >= 4 is 5.97 Å². The number of hydrogen-bond donors (Lipinski definition) is 2. The smallest absolute Gasteiger partial charge is 0.321 e. The van der Waals surface area contributed by atoms with Gasteiger partial charge in [-0.1, -0.05) is 31.4 Å². The van der Waals surface area contributed by atoms with Crippen LogP contribution in [0.4, 0.5) is 0 Å². The minimum Gasteiger partial charge on any atom is -0.487 e. The van der Waals surface area contributed by atoms with Crippen molar-refractivity contribution in [2.24, 2.45) is 11.3 Å². The predicted molar refractivity (Wildman–Crippen MR) is 122 cm³/mol. The van der Waals surface area contributed by atoms with Crippen LogP contribution >= 0.6 is 0 Å². The van der Waals surface area contributed by atoms with E-state index in [1.54, 1.807) is 0 Å². The molecule has 1 aromatic carbocycles. The van der Waals surface area contributed by atoms with E-state index in [-0.39, 0.29) is 17.4 Å². The molecule has 2 atom stereocenters. The van der Waals surface area contributed by atoms with Crippen molar-refractivity contribution in [1.29, 1.82) is 0 Å². The van der Waals surface area contributed by atoms with Crippen LogP contribution in [0.15, 0.2) is 23.8 Å². The number of aryl methyl sites for hydroxylation is 1. The summed E-state index contributed by atoms with van der Waals surface area (Å²) < 4.78 is 12.4. The fourth-order valence-corrected chi connectivity index (χ4v) is 4.77. The average molecular weight is 431 g/mol. The van der Waals surface area contributed by atoms with Crippen LogP contribution in [-0.4, -0.2) is 35.0 Å². The lowest BCUT2D eigenvalue weighted by Gasteiger charge is -2.46. The Morgan fingerprint density at radius 2 is 1.97 bits per heavy atom. The molecule has 1 aliphatic heterocycles. The molecule has 1 aromatic rings. The lowest BCUT2D eigenvalue weighted by atomic mass is 9.68. The number of rotatable bonds is 8. The van der Waals surface area contributed by atoms with Gasteiger partial charge >= 0.3 is 5.97 Å². The highest BCUT2D eigenvalue weighted by molar-refractivity contribution is 5.80. The zero-order valence-electron chi connectivity index (χ0n) is 19.7. The van der Waals surface area contributed by atoms with E-state index in [4.69, 9.17) is 9.47 Å². The maximum atomic E-state index is 12.9. The van der Waals surface area contributed by atoms with E-state index in [0.29, 0.717) is 5.75 Å². The number of hydrogen-bond acceptors (Lipinski definition) is 5. The zero-order valence-corrected chi connectivity index (χ0v) is 19.7. The molecule has 0 fully saturated rings. The molecule has 3 rings (SSSR count). The van der Waals surface area contributed by atoms with Gasteiger partial charge in [-0.15, -0.1) is 0 Å². The van der Waals surface area contributed by atoms with Gasteiger partial charge in [0.2, 0.25) is 0 Å². The Labute approximate surface area is 186 Å². The van der Waals surface area contributed by atoms with Crippen molar-refractivity contribution < 1.29 is 24.5 Å². The number of carbonyl (C=O) groups is 1. The molecule has 5 heteroatoms. The molecule has 2 N–H and O–H groups in total. The van der Waals surface area contributed by atoms with Gasteiger partial charge in [0.15, 0.2) is 0 Å². The van der Waals surface area contributed by atoms with E-state index in [9.17, 15) is 15.0 Å². The second-order valence-corrected chi connectivity index (χ2v) is 10.1. The molecule has 5 nitrogen and oxygen atoms in total. The Balaban J connectivity index is 2.09. The summed E-state index contributed by atoms with van der Waals surface area (Å²) in [5, 5.41) is 19.3. The second-order valence-electron chi connectivity index (χ2n) is 10.1. The average Bonchev–Trinajstić information content (AvgIpc) is 2.72. The number of unbranched alkanes of at least 4 members (excludes halogenated alkanes) is 2. The van der Waals surface area contributed by atoms with Crippen molar-refractivity contribution in [2.45, 2.75) is 84.7 Å². The van der Waals surface area contributed by atoms with Crippen LogP contribution < -0.4 is 9.47 Å². The van der Waals surface area contributed by atoms with Crippen LogP contribution in [-0.2, 0) is 11.2 Å².